The molecule has 5 nitrogen and oxygen atoms in total. The number of anilines is 1. The van der Waals surface area contributed by atoms with Crippen molar-refractivity contribution in [3.8, 4) is 5.75 Å². The van der Waals surface area contributed by atoms with Gasteiger partial charge in [-0.1, -0.05) is 46.3 Å². The Kier molecular flexibility index (Phi) is 7.60. The lowest BCUT2D eigenvalue weighted by molar-refractivity contribution is -0.118. The van der Waals surface area contributed by atoms with E-state index in [1.54, 1.807) is 12.1 Å². The van der Waals surface area contributed by atoms with Crippen molar-refractivity contribution < 1.29 is 14.3 Å². The van der Waals surface area contributed by atoms with Crippen LogP contribution < -0.4 is 15.4 Å². The Morgan fingerprint density at radius 1 is 1.00 bits per heavy atom. The smallest absolute Gasteiger partial charge is 0.262 e. The third-order valence-corrected chi connectivity index (χ3v) is 7.11. The first kappa shape index (κ1) is 22.6. The molecule has 7 heteroatoms. The number of nitrogens with one attached hydrogen (secondary N) is 2. The van der Waals surface area contributed by atoms with Gasteiger partial charge >= 0.3 is 0 Å². The quantitative estimate of drug-likeness (QED) is 0.425. The van der Waals surface area contributed by atoms with E-state index in [1.165, 1.54) is 21.8 Å². The molecule has 1 aromatic heterocycles. The minimum atomic E-state index is -0.273. The van der Waals surface area contributed by atoms with Gasteiger partial charge in [0, 0.05) is 15.9 Å². The maximum atomic E-state index is 13.1. The van der Waals surface area contributed by atoms with Gasteiger partial charge in [0.05, 0.1) is 5.56 Å². The zero-order chi connectivity index (χ0) is 22.3. The summed E-state index contributed by atoms with van der Waals surface area (Å²) >= 11 is 4.90. The molecule has 0 spiro atoms. The van der Waals surface area contributed by atoms with Crippen molar-refractivity contribution >= 4 is 44.1 Å². The van der Waals surface area contributed by atoms with Gasteiger partial charge in [0.15, 0.2) is 6.61 Å². The first-order valence-corrected chi connectivity index (χ1v) is 12.4. The summed E-state index contributed by atoms with van der Waals surface area (Å²) in [6.07, 6.45) is 4.77. The normalized spacial score (nSPS) is 12.7. The highest BCUT2D eigenvalue weighted by Gasteiger charge is 2.26. The molecule has 0 atom stereocenters. The number of amides is 2. The highest BCUT2D eigenvalue weighted by Crippen LogP contribution is 2.38. The van der Waals surface area contributed by atoms with E-state index in [0.717, 1.165) is 42.1 Å². The number of hydrogen-bond donors (Lipinski definition) is 2. The Bertz CT molecular complexity index is 1080. The maximum absolute atomic E-state index is 13.1. The van der Waals surface area contributed by atoms with Crippen LogP contribution in [0.15, 0.2) is 59.1 Å². The van der Waals surface area contributed by atoms with Crippen molar-refractivity contribution in [1.29, 1.82) is 0 Å². The Labute approximate surface area is 200 Å². The molecular formula is C25H25BrN2O3S. The van der Waals surface area contributed by atoms with E-state index < -0.39 is 0 Å². The molecule has 3 aromatic rings. The lowest BCUT2D eigenvalue weighted by atomic mass is 9.95. The van der Waals surface area contributed by atoms with Crippen molar-refractivity contribution in [3.63, 3.8) is 0 Å². The summed E-state index contributed by atoms with van der Waals surface area (Å²) in [4.78, 5) is 26.9. The number of benzene rings is 2. The zero-order valence-electron chi connectivity index (χ0n) is 17.7. The van der Waals surface area contributed by atoms with Crippen LogP contribution in [0.2, 0.25) is 0 Å². The number of thiophene rings is 1. The summed E-state index contributed by atoms with van der Waals surface area (Å²) in [5.74, 6) is 0.224. The number of carbonyl (C=O) groups excluding carboxylic acids is 2. The fraction of sp³-hybridized carbons (Fsp3) is 0.280. The second kappa shape index (κ2) is 10.8. The molecule has 0 unspecified atom stereocenters. The number of fused-ring (bicyclic) bond motifs is 1. The molecule has 0 aliphatic heterocycles. The van der Waals surface area contributed by atoms with Crippen LogP contribution in [-0.4, -0.2) is 25.0 Å². The van der Waals surface area contributed by atoms with Crippen LogP contribution in [0.25, 0.3) is 0 Å². The molecular weight excluding hydrogens is 488 g/mol. The number of halogens is 1. The molecule has 4 rings (SSSR count). The van der Waals surface area contributed by atoms with Gasteiger partial charge in [-0.25, -0.2) is 0 Å². The highest BCUT2D eigenvalue weighted by atomic mass is 79.9. The van der Waals surface area contributed by atoms with E-state index in [4.69, 9.17) is 4.74 Å². The van der Waals surface area contributed by atoms with Crippen LogP contribution in [0.3, 0.4) is 0 Å². The van der Waals surface area contributed by atoms with E-state index in [-0.39, 0.29) is 18.4 Å². The standard InChI is InChI=1S/C25H25BrN2O3S/c26-18-10-12-19(13-11-18)31-16-22(29)28-25-23(20-8-4-5-9-21(20)32-25)24(30)27-15-14-17-6-2-1-3-7-17/h1-3,6-7,10-13H,4-5,8-9,14-16H2,(H,27,30)(H,28,29). The predicted molar refractivity (Wildman–Crippen MR) is 132 cm³/mol. The van der Waals surface area contributed by atoms with E-state index in [0.29, 0.717) is 22.9 Å². The van der Waals surface area contributed by atoms with E-state index >= 15 is 0 Å². The highest BCUT2D eigenvalue weighted by molar-refractivity contribution is 9.10. The molecule has 166 valence electrons. The summed E-state index contributed by atoms with van der Waals surface area (Å²) in [7, 11) is 0. The summed E-state index contributed by atoms with van der Waals surface area (Å²) < 4.78 is 6.53. The molecule has 0 fully saturated rings. The van der Waals surface area contributed by atoms with Crippen molar-refractivity contribution in [3.05, 3.63) is 80.6 Å². The minimum Gasteiger partial charge on any atom is -0.484 e. The van der Waals surface area contributed by atoms with Crippen LogP contribution in [0, 0.1) is 0 Å². The van der Waals surface area contributed by atoms with Crippen LogP contribution in [-0.2, 0) is 24.1 Å². The summed E-state index contributed by atoms with van der Waals surface area (Å²) in [5, 5.41) is 6.59. The second-order valence-electron chi connectivity index (χ2n) is 7.70. The van der Waals surface area contributed by atoms with Gasteiger partial charge < -0.3 is 15.4 Å². The molecule has 2 N–H and O–H groups in total. The van der Waals surface area contributed by atoms with E-state index in [9.17, 15) is 9.59 Å². The third-order valence-electron chi connectivity index (χ3n) is 5.38. The van der Waals surface area contributed by atoms with Gasteiger partial charge in [0.25, 0.3) is 11.8 Å². The molecule has 0 saturated carbocycles. The predicted octanol–water partition coefficient (Wildman–Crippen LogP) is 5.38. The SMILES string of the molecule is O=C(COc1ccc(Br)cc1)Nc1sc2c(c1C(=O)NCCc1ccccc1)CCCC2. The Balaban J connectivity index is 1.42. The van der Waals surface area contributed by atoms with Crippen molar-refractivity contribution in [2.45, 2.75) is 32.1 Å². The van der Waals surface area contributed by atoms with Gasteiger partial charge in [-0.3, -0.25) is 9.59 Å². The Morgan fingerprint density at radius 2 is 1.75 bits per heavy atom. The third kappa shape index (κ3) is 5.78. The Hall–Kier alpha value is -2.64. The number of carbonyl (C=O) groups is 2. The van der Waals surface area contributed by atoms with E-state index in [1.807, 2.05) is 30.3 Å². The fourth-order valence-corrected chi connectivity index (χ4v) is 5.36. The lowest BCUT2D eigenvalue weighted by Gasteiger charge is -2.13. The molecule has 1 aliphatic rings. The van der Waals surface area contributed by atoms with Crippen LogP contribution in [0.5, 0.6) is 5.75 Å². The molecule has 2 amide bonds. The molecule has 32 heavy (non-hydrogen) atoms. The number of aryl methyl sites for hydroxylation is 1. The first-order valence-electron chi connectivity index (χ1n) is 10.7. The summed E-state index contributed by atoms with van der Waals surface area (Å²) in [6, 6.07) is 17.4. The minimum absolute atomic E-state index is 0.112. The monoisotopic (exact) mass is 512 g/mol. The van der Waals surface area contributed by atoms with Gasteiger partial charge in [-0.05, 0) is 67.5 Å². The van der Waals surface area contributed by atoms with Gasteiger partial charge in [0.1, 0.15) is 10.8 Å². The molecule has 0 radical (unpaired) electrons. The van der Waals surface area contributed by atoms with Crippen molar-refractivity contribution in [2.24, 2.45) is 0 Å². The largest absolute Gasteiger partial charge is 0.484 e. The van der Waals surface area contributed by atoms with Gasteiger partial charge in [-0.15, -0.1) is 11.3 Å². The zero-order valence-corrected chi connectivity index (χ0v) is 20.1. The van der Waals surface area contributed by atoms with E-state index in [2.05, 4.69) is 38.7 Å². The summed E-state index contributed by atoms with van der Waals surface area (Å²) in [5.41, 5.74) is 2.89. The van der Waals surface area contributed by atoms with Crippen LogP contribution in [0.4, 0.5) is 5.00 Å². The average Bonchev–Trinajstić information content (AvgIpc) is 3.17. The molecule has 1 aliphatic carbocycles. The number of hydrogen-bond acceptors (Lipinski definition) is 4. The first-order chi connectivity index (χ1) is 15.6. The number of rotatable bonds is 8. The molecule has 0 saturated heterocycles. The van der Waals surface area contributed by atoms with Crippen LogP contribution >= 0.6 is 27.3 Å². The lowest BCUT2D eigenvalue weighted by Crippen LogP contribution is -2.28. The molecule has 2 aromatic carbocycles. The molecule has 1 heterocycles. The van der Waals surface area contributed by atoms with Crippen LogP contribution in [0.1, 0.15) is 39.2 Å². The maximum Gasteiger partial charge on any atom is 0.262 e. The fourth-order valence-electron chi connectivity index (χ4n) is 3.79. The second-order valence-corrected chi connectivity index (χ2v) is 9.72. The van der Waals surface area contributed by atoms with Crippen molar-refractivity contribution in [2.75, 3.05) is 18.5 Å². The number of ether oxygens (including phenoxy) is 1. The van der Waals surface area contributed by atoms with Gasteiger partial charge in [-0.2, -0.15) is 0 Å². The van der Waals surface area contributed by atoms with Gasteiger partial charge in [0.2, 0.25) is 0 Å². The van der Waals surface area contributed by atoms with Crippen molar-refractivity contribution in [1.82, 2.24) is 5.32 Å². The average molecular weight is 513 g/mol. The molecule has 0 bridgehead atoms. The summed E-state index contributed by atoms with van der Waals surface area (Å²) in [6.45, 7) is 0.437. The Morgan fingerprint density at radius 3 is 2.53 bits per heavy atom. The topological polar surface area (TPSA) is 67.4 Å².